The number of amides is 2. The molecule has 1 rings (SSSR count). The van der Waals surface area contributed by atoms with Crippen LogP contribution in [0.5, 0.6) is 0 Å². The van der Waals surface area contributed by atoms with Gasteiger partial charge in [0.2, 0.25) is 0 Å². The van der Waals surface area contributed by atoms with Crippen LogP contribution in [0.4, 0.5) is 5.69 Å². The summed E-state index contributed by atoms with van der Waals surface area (Å²) in [4.78, 5) is 23.1. The van der Waals surface area contributed by atoms with Crippen molar-refractivity contribution in [3.63, 3.8) is 0 Å². The Morgan fingerprint density at radius 1 is 1.17 bits per heavy atom. The fraction of sp³-hybridized carbons (Fsp3) is 0.429. The van der Waals surface area contributed by atoms with Crippen LogP contribution >= 0.6 is 0 Å². The fourth-order valence-corrected chi connectivity index (χ4v) is 1.51. The topological polar surface area (TPSA) is 58.2 Å². The molecule has 0 unspecified atom stereocenters. The van der Waals surface area contributed by atoms with Crippen LogP contribution in [0.15, 0.2) is 18.2 Å². The Kier molecular flexibility index (Phi) is 4.89. The van der Waals surface area contributed by atoms with Crippen LogP contribution < -0.4 is 10.6 Å². The Labute approximate surface area is 108 Å². The van der Waals surface area contributed by atoms with Gasteiger partial charge >= 0.3 is 11.8 Å². The van der Waals surface area contributed by atoms with E-state index in [4.69, 9.17) is 0 Å². The molecule has 98 valence electrons. The van der Waals surface area contributed by atoms with Crippen molar-refractivity contribution in [2.24, 2.45) is 5.92 Å². The highest BCUT2D eigenvalue weighted by Gasteiger charge is 2.14. The average molecular weight is 248 g/mol. The molecule has 1 aromatic rings. The van der Waals surface area contributed by atoms with Crippen molar-refractivity contribution in [1.82, 2.24) is 5.32 Å². The highest BCUT2D eigenvalue weighted by molar-refractivity contribution is 6.39. The summed E-state index contributed by atoms with van der Waals surface area (Å²) in [5.74, 6) is -0.894. The molecule has 4 heteroatoms. The number of benzene rings is 1. The first-order valence-electron chi connectivity index (χ1n) is 6.06. The summed E-state index contributed by atoms with van der Waals surface area (Å²) in [5, 5.41) is 5.19. The number of carbonyl (C=O) groups is 2. The smallest absolute Gasteiger partial charge is 0.313 e. The van der Waals surface area contributed by atoms with E-state index in [9.17, 15) is 9.59 Å². The molecule has 0 aliphatic rings. The van der Waals surface area contributed by atoms with E-state index in [1.54, 1.807) is 6.07 Å². The molecule has 2 N–H and O–H groups in total. The van der Waals surface area contributed by atoms with Crippen LogP contribution in [-0.4, -0.2) is 18.4 Å². The van der Waals surface area contributed by atoms with Gasteiger partial charge in [-0.2, -0.15) is 0 Å². The summed E-state index contributed by atoms with van der Waals surface area (Å²) in [7, 11) is 0. The van der Waals surface area contributed by atoms with E-state index >= 15 is 0 Å². The zero-order valence-corrected chi connectivity index (χ0v) is 11.3. The van der Waals surface area contributed by atoms with Gasteiger partial charge in [-0.25, -0.2) is 0 Å². The molecule has 1 aromatic carbocycles. The molecule has 4 nitrogen and oxygen atoms in total. The van der Waals surface area contributed by atoms with Crippen molar-refractivity contribution >= 4 is 17.5 Å². The van der Waals surface area contributed by atoms with Crippen molar-refractivity contribution in [3.05, 3.63) is 29.3 Å². The van der Waals surface area contributed by atoms with Crippen LogP contribution in [0.3, 0.4) is 0 Å². The molecule has 0 aliphatic carbocycles. The molecule has 0 saturated heterocycles. The maximum absolute atomic E-state index is 11.6. The highest BCUT2D eigenvalue weighted by Crippen LogP contribution is 2.15. The maximum atomic E-state index is 11.6. The molecule has 18 heavy (non-hydrogen) atoms. The Morgan fingerprint density at radius 2 is 1.83 bits per heavy atom. The van der Waals surface area contributed by atoms with E-state index in [0.29, 0.717) is 18.2 Å². The zero-order valence-electron chi connectivity index (χ0n) is 11.3. The van der Waals surface area contributed by atoms with Gasteiger partial charge in [0.25, 0.3) is 0 Å². The second-order valence-electron chi connectivity index (χ2n) is 4.88. The molecule has 0 spiro atoms. The second kappa shape index (κ2) is 6.19. The first kappa shape index (κ1) is 14.2. The predicted octanol–water partition coefficient (Wildman–Crippen LogP) is 2.01. The van der Waals surface area contributed by atoms with E-state index in [-0.39, 0.29) is 0 Å². The van der Waals surface area contributed by atoms with E-state index < -0.39 is 11.8 Å². The van der Waals surface area contributed by atoms with Gasteiger partial charge in [0, 0.05) is 12.2 Å². The molecule has 0 heterocycles. The Balaban J connectivity index is 2.61. The lowest BCUT2D eigenvalue weighted by Gasteiger charge is -2.10. The lowest BCUT2D eigenvalue weighted by molar-refractivity contribution is -0.136. The van der Waals surface area contributed by atoms with E-state index in [2.05, 4.69) is 10.6 Å². The van der Waals surface area contributed by atoms with Gasteiger partial charge in [-0.15, -0.1) is 0 Å². The molecule has 0 saturated carbocycles. The quantitative estimate of drug-likeness (QED) is 0.804. The van der Waals surface area contributed by atoms with E-state index in [1.807, 2.05) is 39.8 Å². The minimum Gasteiger partial charge on any atom is -0.348 e. The lowest BCUT2D eigenvalue weighted by atomic mass is 10.1. The van der Waals surface area contributed by atoms with Gasteiger partial charge in [-0.3, -0.25) is 9.59 Å². The number of anilines is 1. The summed E-state index contributed by atoms with van der Waals surface area (Å²) in [6, 6.07) is 5.66. The largest absolute Gasteiger partial charge is 0.348 e. The van der Waals surface area contributed by atoms with Gasteiger partial charge in [0.1, 0.15) is 0 Å². The van der Waals surface area contributed by atoms with Crippen LogP contribution in [0.1, 0.15) is 25.0 Å². The lowest BCUT2D eigenvalue weighted by Crippen LogP contribution is -2.37. The van der Waals surface area contributed by atoms with Crippen LogP contribution in [-0.2, 0) is 9.59 Å². The Morgan fingerprint density at radius 3 is 2.39 bits per heavy atom. The molecule has 0 aliphatic heterocycles. The molecule has 0 fully saturated rings. The third kappa shape index (κ3) is 4.20. The summed E-state index contributed by atoms with van der Waals surface area (Å²) in [6.07, 6.45) is 0. The van der Waals surface area contributed by atoms with Crippen molar-refractivity contribution in [2.75, 3.05) is 11.9 Å². The molecular formula is C14H20N2O2. The summed E-state index contributed by atoms with van der Waals surface area (Å²) < 4.78 is 0. The van der Waals surface area contributed by atoms with Crippen LogP contribution in [0.25, 0.3) is 0 Å². The molecule has 0 radical (unpaired) electrons. The van der Waals surface area contributed by atoms with Gasteiger partial charge in [0.15, 0.2) is 0 Å². The second-order valence-corrected chi connectivity index (χ2v) is 4.88. The number of rotatable bonds is 3. The molecule has 0 aromatic heterocycles. The maximum Gasteiger partial charge on any atom is 0.313 e. The standard InChI is InChI=1S/C14H20N2O2/c1-9(2)8-15-13(17)14(18)16-12-6-5-10(3)7-11(12)4/h5-7,9H,8H2,1-4H3,(H,15,17)(H,16,18). The molecule has 2 amide bonds. The first-order valence-corrected chi connectivity index (χ1v) is 6.06. The van der Waals surface area contributed by atoms with Crippen LogP contribution in [0.2, 0.25) is 0 Å². The Bertz CT molecular complexity index is 453. The third-order valence-electron chi connectivity index (χ3n) is 2.51. The van der Waals surface area contributed by atoms with Gasteiger partial charge < -0.3 is 10.6 Å². The van der Waals surface area contributed by atoms with Gasteiger partial charge in [0.05, 0.1) is 0 Å². The van der Waals surface area contributed by atoms with Crippen molar-refractivity contribution in [2.45, 2.75) is 27.7 Å². The zero-order chi connectivity index (χ0) is 13.7. The third-order valence-corrected chi connectivity index (χ3v) is 2.51. The number of hydrogen-bond acceptors (Lipinski definition) is 2. The minimum atomic E-state index is -0.623. The van der Waals surface area contributed by atoms with E-state index in [0.717, 1.165) is 11.1 Å². The predicted molar refractivity (Wildman–Crippen MR) is 72.4 cm³/mol. The minimum absolute atomic E-state index is 0.322. The summed E-state index contributed by atoms with van der Waals surface area (Å²) in [6.45, 7) is 8.33. The summed E-state index contributed by atoms with van der Waals surface area (Å²) in [5.41, 5.74) is 2.74. The van der Waals surface area contributed by atoms with Crippen molar-refractivity contribution in [3.8, 4) is 0 Å². The normalized spacial score (nSPS) is 10.3. The van der Waals surface area contributed by atoms with Crippen molar-refractivity contribution < 1.29 is 9.59 Å². The SMILES string of the molecule is Cc1ccc(NC(=O)C(=O)NCC(C)C)c(C)c1. The molecule has 0 bridgehead atoms. The Hall–Kier alpha value is -1.84. The van der Waals surface area contributed by atoms with Gasteiger partial charge in [-0.05, 0) is 31.4 Å². The molecule has 0 atom stereocenters. The highest BCUT2D eigenvalue weighted by atomic mass is 16.2. The number of nitrogens with one attached hydrogen (secondary N) is 2. The average Bonchev–Trinajstić information content (AvgIpc) is 2.29. The first-order chi connectivity index (χ1) is 8.40. The monoisotopic (exact) mass is 248 g/mol. The van der Waals surface area contributed by atoms with Crippen LogP contribution in [0, 0.1) is 19.8 Å². The summed E-state index contributed by atoms with van der Waals surface area (Å²) >= 11 is 0. The fourth-order valence-electron chi connectivity index (χ4n) is 1.51. The number of carbonyl (C=O) groups excluding carboxylic acids is 2. The van der Waals surface area contributed by atoms with Gasteiger partial charge in [-0.1, -0.05) is 31.5 Å². The number of aryl methyl sites for hydroxylation is 2. The van der Waals surface area contributed by atoms with Crippen molar-refractivity contribution in [1.29, 1.82) is 0 Å². The molecular weight excluding hydrogens is 228 g/mol. The van der Waals surface area contributed by atoms with E-state index in [1.165, 1.54) is 0 Å². The number of hydrogen-bond donors (Lipinski definition) is 2.